The molecule has 1 aliphatic carbocycles. The lowest BCUT2D eigenvalue weighted by atomic mass is 9.96. The van der Waals surface area contributed by atoms with Gasteiger partial charge in [0.25, 0.3) is 0 Å². The van der Waals surface area contributed by atoms with Gasteiger partial charge in [0.1, 0.15) is 12.4 Å². The quantitative estimate of drug-likeness (QED) is 0.439. The zero-order valence-corrected chi connectivity index (χ0v) is 21.8. The number of carbonyl (C=O) groups is 2. The van der Waals surface area contributed by atoms with Crippen LogP contribution in [-0.2, 0) is 4.79 Å². The van der Waals surface area contributed by atoms with Crippen molar-refractivity contribution in [1.29, 1.82) is 0 Å². The molecule has 7 heteroatoms. The number of aryl methyl sites for hydroxylation is 2. The first-order chi connectivity index (χ1) is 17.3. The zero-order valence-electron chi connectivity index (χ0n) is 21.8. The minimum Gasteiger partial charge on any atom is -0.335 e. The molecular formula is C29H37N5O2. The number of urea groups is 1. The van der Waals surface area contributed by atoms with Crippen LogP contribution in [0.15, 0.2) is 54.6 Å². The van der Waals surface area contributed by atoms with Crippen LogP contribution in [0.3, 0.4) is 0 Å². The molecule has 0 saturated heterocycles. The first kappa shape index (κ1) is 25.5. The third kappa shape index (κ3) is 5.78. The number of anilines is 1. The van der Waals surface area contributed by atoms with Crippen LogP contribution < -0.4 is 10.6 Å². The van der Waals surface area contributed by atoms with Crippen molar-refractivity contribution in [2.24, 2.45) is 0 Å². The van der Waals surface area contributed by atoms with Gasteiger partial charge >= 0.3 is 6.03 Å². The number of aromatic nitrogens is 2. The molecule has 190 valence electrons. The second-order valence-corrected chi connectivity index (χ2v) is 9.93. The molecule has 2 N–H and O–H groups in total. The van der Waals surface area contributed by atoms with Crippen LogP contribution in [0.1, 0.15) is 57.2 Å². The van der Waals surface area contributed by atoms with E-state index < -0.39 is 0 Å². The largest absolute Gasteiger partial charge is 0.335 e. The first-order valence-corrected chi connectivity index (χ1v) is 12.9. The fourth-order valence-electron chi connectivity index (χ4n) is 4.89. The number of nitrogens with zero attached hydrogens (tertiary/aromatic N) is 3. The van der Waals surface area contributed by atoms with E-state index in [-0.39, 0.29) is 30.6 Å². The van der Waals surface area contributed by atoms with Gasteiger partial charge in [-0.1, -0.05) is 67.8 Å². The topological polar surface area (TPSA) is 79.3 Å². The highest BCUT2D eigenvalue weighted by atomic mass is 16.2. The summed E-state index contributed by atoms with van der Waals surface area (Å²) in [6.07, 6.45) is 5.49. The number of para-hydroxylation sites is 1. The molecule has 0 spiro atoms. The van der Waals surface area contributed by atoms with Crippen molar-refractivity contribution in [2.75, 3.05) is 11.9 Å². The van der Waals surface area contributed by atoms with E-state index in [0.717, 1.165) is 53.8 Å². The molecule has 0 atom stereocenters. The maximum atomic E-state index is 13.4. The molecule has 1 aromatic heterocycles. The van der Waals surface area contributed by atoms with Crippen LogP contribution >= 0.6 is 0 Å². The summed E-state index contributed by atoms with van der Waals surface area (Å²) in [5, 5.41) is 11.1. The van der Waals surface area contributed by atoms with Gasteiger partial charge in [0.2, 0.25) is 5.91 Å². The number of amides is 3. The molecule has 1 aliphatic rings. The number of carbonyl (C=O) groups excluding carboxylic acids is 2. The summed E-state index contributed by atoms with van der Waals surface area (Å²) in [5.74, 6) is 0.351. The van der Waals surface area contributed by atoms with Gasteiger partial charge in [-0.3, -0.25) is 4.79 Å². The van der Waals surface area contributed by atoms with E-state index in [4.69, 9.17) is 5.10 Å². The summed E-state index contributed by atoms with van der Waals surface area (Å²) < 4.78 is 1.80. The van der Waals surface area contributed by atoms with E-state index in [2.05, 4.69) is 10.6 Å². The Labute approximate surface area is 213 Å². The normalized spacial score (nSPS) is 14.0. The van der Waals surface area contributed by atoms with E-state index >= 15 is 0 Å². The van der Waals surface area contributed by atoms with Crippen molar-refractivity contribution in [3.8, 4) is 16.8 Å². The summed E-state index contributed by atoms with van der Waals surface area (Å²) in [6, 6.07) is 17.8. The fourth-order valence-corrected chi connectivity index (χ4v) is 4.89. The molecule has 4 rings (SSSR count). The van der Waals surface area contributed by atoms with E-state index in [1.807, 2.05) is 82.3 Å². The van der Waals surface area contributed by atoms with Crippen molar-refractivity contribution in [1.82, 2.24) is 20.0 Å². The standard InChI is InChI=1S/C29H37N5O2/c1-20(2)33(29(36)30-24-16-9-6-10-17-24)19-26(35)31-28-27(23-14-7-5-8-15-23)22(4)32-34(28)25-18-12-11-13-21(25)3/h5,7-8,11-15,18,20,24H,6,9-10,16-17,19H2,1-4H3,(H,30,36)(H,31,35). The van der Waals surface area contributed by atoms with E-state index in [1.165, 1.54) is 6.42 Å². The van der Waals surface area contributed by atoms with Crippen LogP contribution in [0.4, 0.5) is 10.6 Å². The highest BCUT2D eigenvalue weighted by Gasteiger charge is 2.26. The lowest BCUT2D eigenvalue weighted by Crippen LogP contribution is -2.50. The first-order valence-electron chi connectivity index (χ1n) is 12.9. The zero-order chi connectivity index (χ0) is 25.7. The predicted molar refractivity (Wildman–Crippen MR) is 144 cm³/mol. The average molecular weight is 488 g/mol. The Bertz CT molecular complexity index is 1200. The van der Waals surface area contributed by atoms with E-state index in [9.17, 15) is 9.59 Å². The SMILES string of the molecule is Cc1ccccc1-n1nc(C)c(-c2ccccc2)c1NC(=O)CN(C(=O)NC1CCCCC1)C(C)C. The Kier molecular flexibility index (Phi) is 8.08. The average Bonchev–Trinajstić information content (AvgIpc) is 3.18. The summed E-state index contributed by atoms with van der Waals surface area (Å²) in [6.45, 7) is 7.80. The number of hydrogen-bond donors (Lipinski definition) is 2. The van der Waals surface area contributed by atoms with Crippen LogP contribution in [0, 0.1) is 13.8 Å². The van der Waals surface area contributed by atoms with E-state index in [0.29, 0.717) is 5.82 Å². The molecule has 36 heavy (non-hydrogen) atoms. The van der Waals surface area contributed by atoms with Gasteiger partial charge in [-0.15, -0.1) is 0 Å². The van der Waals surface area contributed by atoms with Crippen molar-refractivity contribution in [3.63, 3.8) is 0 Å². The van der Waals surface area contributed by atoms with Gasteiger partial charge in [-0.2, -0.15) is 5.10 Å². The van der Waals surface area contributed by atoms with Gasteiger partial charge in [0, 0.05) is 17.6 Å². The predicted octanol–water partition coefficient (Wildman–Crippen LogP) is 5.85. The third-order valence-electron chi connectivity index (χ3n) is 6.86. The van der Waals surface area contributed by atoms with Crippen LogP contribution in [-0.4, -0.2) is 45.2 Å². The Morgan fingerprint density at radius 3 is 2.33 bits per heavy atom. The highest BCUT2D eigenvalue weighted by molar-refractivity contribution is 5.98. The Morgan fingerprint density at radius 1 is 1.00 bits per heavy atom. The molecule has 0 bridgehead atoms. The number of benzene rings is 2. The van der Waals surface area contributed by atoms with Crippen LogP contribution in [0.5, 0.6) is 0 Å². The fraction of sp³-hybridized carbons (Fsp3) is 0.414. The van der Waals surface area contributed by atoms with Crippen molar-refractivity contribution < 1.29 is 9.59 Å². The number of nitrogens with one attached hydrogen (secondary N) is 2. The number of rotatable bonds is 7. The summed E-state index contributed by atoms with van der Waals surface area (Å²) >= 11 is 0. The maximum Gasteiger partial charge on any atom is 0.318 e. The molecule has 7 nitrogen and oxygen atoms in total. The highest BCUT2D eigenvalue weighted by Crippen LogP contribution is 2.34. The Hall–Kier alpha value is -3.61. The second-order valence-electron chi connectivity index (χ2n) is 9.93. The van der Waals surface area contributed by atoms with Gasteiger partial charge in [-0.05, 0) is 57.7 Å². The number of hydrogen-bond acceptors (Lipinski definition) is 3. The monoisotopic (exact) mass is 487 g/mol. The lowest BCUT2D eigenvalue weighted by Gasteiger charge is -2.30. The lowest BCUT2D eigenvalue weighted by molar-refractivity contribution is -0.117. The summed E-state index contributed by atoms with van der Waals surface area (Å²) in [4.78, 5) is 28.1. The Balaban J connectivity index is 1.62. The molecule has 1 saturated carbocycles. The van der Waals surface area contributed by atoms with E-state index in [1.54, 1.807) is 9.58 Å². The van der Waals surface area contributed by atoms with Gasteiger partial charge in [0.15, 0.2) is 0 Å². The minimum atomic E-state index is -0.255. The molecule has 1 heterocycles. The maximum absolute atomic E-state index is 13.4. The van der Waals surface area contributed by atoms with Crippen molar-refractivity contribution in [2.45, 2.75) is 71.9 Å². The molecular weight excluding hydrogens is 450 g/mol. The minimum absolute atomic E-state index is 0.0392. The van der Waals surface area contributed by atoms with Gasteiger partial charge in [-0.25, -0.2) is 9.48 Å². The van der Waals surface area contributed by atoms with Gasteiger partial charge < -0.3 is 15.5 Å². The molecule has 0 unspecified atom stereocenters. The van der Waals surface area contributed by atoms with Crippen LogP contribution in [0.2, 0.25) is 0 Å². The molecule has 3 amide bonds. The third-order valence-corrected chi connectivity index (χ3v) is 6.86. The van der Waals surface area contributed by atoms with Gasteiger partial charge in [0.05, 0.1) is 11.4 Å². The molecule has 0 aliphatic heterocycles. The van der Waals surface area contributed by atoms with Crippen molar-refractivity contribution in [3.05, 3.63) is 65.9 Å². The molecule has 1 fully saturated rings. The molecule has 2 aromatic carbocycles. The van der Waals surface area contributed by atoms with Crippen LogP contribution in [0.25, 0.3) is 16.8 Å². The molecule has 3 aromatic rings. The smallest absolute Gasteiger partial charge is 0.318 e. The summed E-state index contributed by atoms with van der Waals surface area (Å²) in [7, 11) is 0. The second kappa shape index (κ2) is 11.4. The summed E-state index contributed by atoms with van der Waals surface area (Å²) in [5.41, 5.74) is 4.60. The van der Waals surface area contributed by atoms with Crippen molar-refractivity contribution >= 4 is 17.8 Å². The Morgan fingerprint density at radius 2 is 1.67 bits per heavy atom. The molecule has 0 radical (unpaired) electrons.